The summed E-state index contributed by atoms with van der Waals surface area (Å²) in [4.78, 5) is 12.0. The number of carbonyl (C=O) groups excluding carboxylic acids is 1. The van der Waals surface area contributed by atoms with Crippen LogP contribution in [-0.4, -0.2) is 29.8 Å². The van der Waals surface area contributed by atoms with E-state index in [0.717, 1.165) is 11.3 Å². The molecule has 0 aliphatic heterocycles. The van der Waals surface area contributed by atoms with Gasteiger partial charge in [-0.25, -0.2) is 0 Å². The normalized spacial score (nSPS) is 9.86. The highest BCUT2D eigenvalue weighted by Crippen LogP contribution is 2.12. The first kappa shape index (κ1) is 15.5. The van der Waals surface area contributed by atoms with Crippen molar-refractivity contribution < 1.29 is 9.53 Å². The van der Waals surface area contributed by atoms with Crippen LogP contribution in [0.15, 0.2) is 49.1 Å². The summed E-state index contributed by atoms with van der Waals surface area (Å²) in [7, 11) is 1.61. The van der Waals surface area contributed by atoms with E-state index in [4.69, 9.17) is 4.74 Å². The molecule has 0 radical (unpaired) electrons. The molecule has 1 amide bonds. The molecule has 0 unspecified atom stereocenters. The van der Waals surface area contributed by atoms with Crippen molar-refractivity contribution in [2.45, 2.75) is 6.42 Å². The number of methoxy groups -OCH3 is 1. The van der Waals surface area contributed by atoms with E-state index in [1.807, 2.05) is 24.3 Å². The minimum Gasteiger partial charge on any atom is -0.497 e. The van der Waals surface area contributed by atoms with E-state index >= 15 is 0 Å². The predicted octanol–water partition coefficient (Wildman–Crippen LogP) is 2.26. The minimum atomic E-state index is -0.147. The number of aromatic nitrogens is 2. The second-order valence-corrected chi connectivity index (χ2v) is 4.55. The Labute approximate surface area is 129 Å². The second-order valence-electron chi connectivity index (χ2n) is 4.55. The number of rotatable bonds is 7. The summed E-state index contributed by atoms with van der Waals surface area (Å²) in [5.74, 6) is 1.67. The maximum absolute atomic E-state index is 12.0. The van der Waals surface area contributed by atoms with E-state index in [-0.39, 0.29) is 12.3 Å². The van der Waals surface area contributed by atoms with E-state index in [0.29, 0.717) is 18.2 Å². The van der Waals surface area contributed by atoms with Gasteiger partial charge in [-0.3, -0.25) is 4.79 Å². The van der Waals surface area contributed by atoms with Crippen molar-refractivity contribution >= 4 is 17.5 Å². The van der Waals surface area contributed by atoms with Crippen LogP contribution in [0.25, 0.3) is 0 Å². The zero-order valence-corrected chi connectivity index (χ0v) is 12.4. The number of nitrogens with one attached hydrogen (secondary N) is 2. The molecule has 114 valence electrons. The highest BCUT2D eigenvalue weighted by molar-refractivity contribution is 5.91. The summed E-state index contributed by atoms with van der Waals surface area (Å²) in [5, 5.41) is 13.6. The zero-order valence-electron chi connectivity index (χ0n) is 12.4. The summed E-state index contributed by atoms with van der Waals surface area (Å²) in [6.45, 7) is 4.22. The number of hydrogen-bond donors (Lipinski definition) is 2. The number of amides is 1. The lowest BCUT2D eigenvalue weighted by atomic mass is 10.1. The first-order valence-corrected chi connectivity index (χ1v) is 6.82. The number of ether oxygens (including phenoxy) is 1. The predicted molar refractivity (Wildman–Crippen MR) is 86.0 cm³/mol. The molecule has 1 aromatic heterocycles. The summed E-state index contributed by atoms with van der Waals surface area (Å²) >= 11 is 0. The summed E-state index contributed by atoms with van der Waals surface area (Å²) in [6, 6.07) is 10.8. The van der Waals surface area contributed by atoms with Crippen LogP contribution < -0.4 is 15.4 Å². The van der Waals surface area contributed by atoms with Gasteiger partial charge in [-0.2, -0.15) is 0 Å². The van der Waals surface area contributed by atoms with Crippen molar-refractivity contribution in [1.82, 2.24) is 10.2 Å². The van der Waals surface area contributed by atoms with Gasteiger partial charge in [-0.05, 0) is 29.8 Å². The Morgan fingerprint density at radius 1 is 1.18 bits per heavy atom. The number of benzene rings is 1. The van der Waals surface area contributed by atoms with Crippen molar-refractivity contribution in [3.63, 3.8) is 0 Å². The van der Waals surface area contributed by atoms with Crippen molar-refractivity contribution in [2.24, 2.45) is 0 Å². The van der Waals surface area contributed by atoms with E-state index in [1.165, 1.54) is 0 Å². The topological polar surface area (TPSA) is 76.1 Å². The van der Waals surface area contributed by atoms with Crippen LogP contribution in [0.1, 0.15) is 5.56 Å². The van der Waals surface area contributed by atoms with E-state index < -0.39 is 0 Å². The maximum Gasteiger partial charge on any atom is 0.229 e. The van der Waals surface area contributed by atoms with Crippen LogP contribution in [0.5, 0.6) is 5.75 Å². The third kappa shape index (κ3) is 4.59. The molecule has 22 heavy (non-hydrogen) atoms. The van der Waals surface area contributed by atoms with E-state index in [9.17, 15) is 4.79 Å². The van der Waals surface area contributed by atoms with Gasteiger partial charge in [-0.1, -0.05) is 18.2 Å². The van der Waals surface area contributed by atoms with Gasteiger partial charge >= 0.3 is 0 Å². The Morgan fingerprint density at radius 2 is 1.86 bits per heavy atom. The molecule has 2 aromatic rings. The molecule has 6 nitrogen and oxygen atoms in total. The summed E-state index contributed by atoms with van der Waals surface area (Å²) in [5.41, 5.74) is 0.899. The smallest absolute Gasteiger partial charge is 0.229 e. The molecule has 0 spiro atoms. The Kier molecular flexibility index (Phi) is 5.48. The zero-order chi connectivity index (χ0) is 15.8. The van der Waals surface area contributed by atoms with Gasteiger partial charge in [0.1, 0.15) is 11.6 Å². The molecule has 2 N–H and O–H groups in total. The molecule has 0 aliphatic rings. The van der Waals surface area contributed by atoms with Gasteiger partial charge in [0.2, 0.25) is 5.91 Å². The van der Waals surface area contributed by atoms with E-state index in [1.54, 1.807) is 25.3 Å². The van der Waals surface area contributed by atoms with Gasteiger partial charge in [0, 0.05) is 6.54 Å². The number of carbonyl (C=O) groups is 1. The lowest BCUT2D eigenvalue weighted by molar-refractivity contribution is -0.115. The van der Waals surface area contributed by atoms with Gasteiger partial charge < -0.3 is 15.4 Å². The lowest BCUT2D eigenvalue weighted by Crippen LogP contribution is -2.16. The SMILES string of the molecule is C=CCNc1ccc(NC(=O)Cc2ccc(OC)cc2)nn1. The van der Waals surface area contributed by atoms with Crippen LogP contribution in [0, 0.1) is 0 Å². The molecule has 2 rings (SSSR count). The monoisotopic (exact) mass is 298 g/mol. The summed E-state index contributed by atoms with van der Waals surface area (Å²) in [6.07, 6.45) is 1.99. The Hall–Kier alpha value is -2.89. The van der Waals surface area contributed by atoms with Gasteiger partial charge in [0.25, 0.3) is 0 Å². The fraction of sp³-hybridized carbons (Fsp3) is 0.188. The standard InChI is InChI=1S/C16H18N4O2/c1-3-10-17-14-8-9-15(20-19-14)18-16(21)11-12-4-6-13(22-2)7-5-12/h3-9H,1,10-11H2,2H3,(H,17,19)(H,18,20,21). The van der Waals surface area contributed by atoms with Crippen LogP contribution in [0.3, 0.4) is 0 Å². The molecule has 6 heteroatoms. The molecule has 0 saturated heterocycles. The number of anilines is 2. The molecule has 0 atom stereocenters. The molecule has 1 aromatic carbocycles. The Morgan fingerprint density at radius 3 is 2.45 bits per heavy atom. The molecule has 0 aliphatic carbocycles. The largest absolute Gasteiger partial charge is 0.497 e. The van der Waals surface area contributed by atoms with Crippen molar-refractivity contribution in [3.05, 3.63) is 54.6 Å². The highest BCUT2D eigenvalue weighted by Gasteiger charge is 2.06. The third-order valence-corrected chi connectivity index (χ3v) is 2.88. The van der Waals surface area contributed by atoms with Crippen LogP contribution >= 0.6 is 0 Å². The molecule has 0 fully saturated rings. The van der Waals surface area contributed by atoms with Crippen LogP contribution in [0.4, 0.5) is 11.6 Å². The number of nitrogens with zero attached hydrogens (tertiary/aromatic N) is 2. The molecule has 0 bridgehead atoms. The fourth-order valence-corrected chi connectivity index (χ4v) is 1.79. The molecular formula is C16H18N4O2. The van der Waals surface area contributed by atoms with Crippen molar-refractivity contribution in [2.75, 3.05) is 24.3 Å². The average Bonchev–Trinajstić information content (AvgIpc) is 2.55. The van der Waals surface area contributed by atoms with Gasteiger partial charge in [0.05, 0.1) is 13.5 Å². The lowest BCUT2D eigenvalue weighted by Gasteiger charge is -2.06. The van der Waals surface area contributed by atoms with Gasteiger partial charge in [-0.15, -0.1) is 16.8 Å². The van der Waals surface area contributed by atoms with Crippen LogP contribution in [0.2, 0.25) is 0 Å². The van der Waals surface area contributed by atoms with Gasteiger partial charge in [0.15, 0.2) is 5.82 Å². The highest BCUT2D eigenvalue weighted by atomic mass is 16.5. The first-order valence-electron chi connectivity index (χ1n) is 6.82. The molecule has 0 saturated carbocycles. The van der Waals surface area contributed by atoms with Crippen molar-refractivity contribution in [3.8, 4) is 5.75 Å². The second kappa shape index (κ2) is 7.78. The maximum atomic E-state index is 12.0. The average molecular weight is 298 g/mol. The third-order valence-electron chi connectivity index (χ3n) is 2.88. The molecular weight excluding hydrogens is 280 g/mol. The van der Waals surface area contributed by atoms with Crippen LogP contribution in [-0.2, 0) is 11.2 Å². The van der Waals surface area contributed by atoms with Crippen molar-refractivity contribution in [1.29, 1.82) is 0 Å². The summed E-state index contributed by atoms with van der Waals surface area (Å²) < 4.78 is 5.08. The Bertz CT molecular complexity index is 624. The Balaban J connectivity index is 1.89. The number of hydrogen-bond acceptors (Lipinski definition) is 5. The minimum absolute atomic E-state index is 0.147. The first-order chi connectivity index (χ1) is 10.7. The fourth-order valence-electron chi connectivity index (χ4n) is 1.79. The quantitative estimate of drug-likeness (QED) is 0.767. The molecule has 1 heterocycles. The van der Waals surface area contributed by atoms with E-state index in [2.05, 4.69) is 27.4 Å².